The van der Waals surface area contributed by atoms with Crippen LogP contribution >= 0.6 is 0 Å². The molecule has 2 saturated heterocycles. The quantitative estimate of drug-likeness (QED) is 0.503. The predicted molar refractivity (Wildman–Crippen MR) is 132 cm³/mol. The van der Waals surface area contributed by atoms with Gasteiger partial charge in [0, 0.05) is 70.8 Å². The van der Waals surface area contributed by atoms with E-state index in [2.05, 4.69) is 21.0 Å². The number of piperazine rings is 1. The van der Waals surface area contributed by atoms with Gasteiger partial charge >= 0.3 is 6.18 Å². The lowest BCUT2D eigenvalue weighted by atomic mass is 10.1. The van der Waals surface area contributed by atoms with Gasteiger partial charge in [-0.05, 0) is 47.6 Å². The van der Waals surface area contributed by atoms with E-state index in [4.69, 9.17) is 10.00 Å². The molecule has 8 nitrogen and oxygen atoms in total. The molecule has 4 rings (SSSR count). The summed E-state index contributed by atoms with van der Waals surface area (Å²) < 4.78 is 45.2. The Balaban J connectivity index is 1.19. The number of rotatable bonds is 7. The number of hydrogen-bond acceptors (Lipinski definition) is 7. The number of nitrogens with zero attached hydrogens (tertiary/aromatic N) is 5. The van der Waals surface area contributed by atoms with Crippen LogP contribution in [0, 0.1) is 16.2 Å². The van der Waals surface area contributed by atoms with Gasteiger partial charge in [-0.2, -0.15) is 18.4 Å². The number of anilines is 1. The minimum atomic E-state index is -4.70. The highest BCUT2D eigenvalue weighted by molar-refractivity contribution is 5.76. The minimum Gasteiger partial charge on any atom is -0.490 e. The third-order valence-electron chi connectivity index (χ3n) is 6.84. The van der Waals surface area contributed by atoms with E-state index in [0.29, 0.717) is 44.5 Å². The van der Waals surface area contributed by atoms with Crippen molar-refractivity contribution in [1.82, 2.24) is 9.80 Å². The summed E-state index contributed by atoms with van der Waals surface area (Å²) >= 11 is 0. The molecule has 2 aromatic carbocycles. The first-order valence-corrected chi connectivity index (χ1v) is 12.2. The number of nitriles is 1. The minimum absolute atomic E-state index is 0.0321. The van der Waals surface area contributed by atoms with E-state index in [1.807, 2.05) is 24.3 Å². The molecule has 37 heavy (non-hydrogen) atoms. The normalized spacial score (nSPS) is 17.4. The Hall–Kier alpha value is -3.65. The summed E-state index contributed by atoms with van der Waals surface area (Å²) in [5.41, 5.74) is -0.0648. The standard InChI is InChI=1S/C26H28F3N5O3/c27-26(28,29)23-17-22(5-6-24(23)31-36)37-21-7-11-34(12-8-21)25(35)9-10-32-13-15-33(16-14-32)20-3-1-19(18-30)2-4-20/h1-6,17,21H,7-16H2. The highest BCUT2D eigenvalue weighted by atomic mass is 19.4. The summed E-state index contributed by atoms with van der Waals surface area (Å²) in [6, 6.07) is 12.8. The van der Waals surface area contributed by atoms with Crippen LogP contribution in [0.1, 0.15) is 30.4 Å². The van der Waals surface area contributed by atoms with E-state index in [1.54, 1.807) is 4.90 Å². The molecule has 0 saturated carbocycles. The van der Waals surface area contributed by atoms with Crippen LogP contribution in [0.3, 0.4) is 0 Å². The molecular weight excluding hydrogens is 487 g/mol. The van der Waals surface area contributed by atoms with Crippen molar-refractivity contribution in [2.75, 3.05) is 50.7 Å². The van der Waals surface area contributed by atoms with Crippen molar-refractivity contribution in [3.63, 3.8) is 0 Å². The van der Waals surface area contributed by atoms with Gasteiger partial charge in [-0.25, -0.2) is 0 Å². The Morgan fingerprint density at radius 3 is 2.30 bits per heavy atom. The molecule has 0 aromatic heterocycles. The van der Waals surface area contributed by atoms with Gasteiger partial charge in [0.15, 0.2) is 0 Å². The smallest absolute Gasteiger partial charge is 0.418 e. The molecule has 0 atom stereocenters. The molecular formula is C26H28F3N5O3. The van der Waals surface area contributed by atoms with Gasteiger partial charge in [0.1, 0.15) is 17.5 Å². The first-order chi connectivity index (χ1) is 17.8. The van der Waals surface area contributed by atoms with Crippen LogP contribution in [0.4, 0.5) is 24.5 Å². The van der Waals surface area contributed by atoms with E-state index in [0.717, 1.165) is 44.0 Å². The highest BCUT2D eigenvalue weighted by Crippen LogP contribution is 2.38. The summed E-state index contributed by atoms with van der Waals surface area (Å²) in [5.74, 6) is 0.0957. The number of amides is 1. The summed E-state index contributed by atoms with van der Waals surface area (Å²) in [6.45, 7) is 5.04. The number of ether oxygens (including phenoxy) is 1. The maximum atomic E-state index is 13.1. The first kappa shape index (κ1) is 26.4. The fraction of sp³-hybridized carbons (Fsp3) is 0.462. The molecule has 1 amide bonds. The molecule has 2 aliphatic heterocycles. The van der Waals surface area contributed by atoms with E-state index in [9.17, 15) is 22.9 Å². The Bertz CT molecular complexity index is 1130. The summed E-state index contributed by atoms with van der Waals surface area (Å²) in [5, 5.41) is 11.4. The van der Waals surface area contributed by atoms with Gasteiger partial charge in [0.25, 0.3) is 0 Å². The third-order valence-corrected chi connectivity index (χ3v) is 6.84. The lowest BCUT2D eigenvalue weighted by molar-refractivity contribution is -0.137. The van der Waals surface area contributed by atoms with Crippen LogP contribution in [0.25, 0.3) is 0 Å². The second-order valence-electron chi connectivity index (χ2n) is 9.20. The fourth-order valence-electron chi connectivity index (χ4n) is 4.70. The highest BCUT2D eigenvalue weighted by Gasteiger charge is 2.35. The second-order valence-corrected chi connectivity index (χ2v) is 9.20. The molecule has 0 spiro atoms. The summed E-state index contributed by atoms with van der Waals surface area (Å²) in [6.07, 6.45) is -3.56. The fourth-order valence-corrected chi connectivity index (χ4v) is 4.70. The van der Waals surface area contributed by atoms with Gasteiger partial charge in [0.05, 0.1) is 17.2 Å². The molecule has 2 heterocycles. The van der Waals surface area contributed by atoms with Crippen LogP contribution < -0.4 is 9.64 Å². The van der Waals surface area contributed by atoms with Crippen molar-refractivity contribution < 1.29 is 22.7 Å². The van der Waals surface area contributed by atoms with Crippen molar-refractivity contribution in [2.24, 2.45) is 5.18 Å². The topological polar surface area (TPSA) is 89.2 Å². The monoisotopic (exact) mass is 515 g/mol. The largest absolute Gasteiger partial charge is 0.490 e. The lowest BCUT2D eigenvalue weighted by Gasteiger charge is -2.37. The van der Waals surface area contributed by atoms with Crippen molar-refractivity contribution in [1.29, 1.82) is 5.26 Å². The molecule has 11 heteroatoms. The maximum Gasteiger partial charge on any atom is 0.418 e. The number of likely N-dealkylation sites (tertiary alicyclic amines) is 1. The zero-order chi connectivity index (χ0) is 26.4. The zero-order valence-electron chi connectivity index (χ0n) is 20.3. The van der Waals surface area contributed by atoms with Crippen molar-refractivity contribution in [3.05, 3.63) is 58.5 Å². The molecule has 0 N–H and O–H groups in total. The predicted octanol–water partition coefficient (Wildman–Crippen LogP) is 4.56. The zero-order valence-corrected chi connectivity index (χ0v) is 20.3. The van der Waals surface area contributed by atoms with Crippen LogP contribution in [0.2, 0.25) is 0 Å². The third kappa shape index (κ3) is 6.77. The molecule has 2 aromatic rings. The van der Waals surface area contributed by atoms with Crippen molar-refractivity contribution >= 4 is 17.3 Å². The molecule has 0 radical (unpaired) electrons. The van der Waals surface area contributed by atoms with Crippen molar-refractivity contribution in [3.8, 4) is 11.8 Å². The van der Waals surface area contributed by atoms with Crippen LogP contribution in [0.5, 0.6) is 5.75 Å². The van der Waals surface area contributed by atoms with E-state index >= 15 is 0 Å². The number of carbonyl (C=O) groups excluding carboxylic acids is 1. The number of alkyl halides is 3. The maximum absolute atomic E-state index is 13.1. The Morgan fingerprint density at radius 1 is 1.03 bits per heavy atom. The average Bonchev–Trinajstić information content (AvgIpc) is 2.92. The second kappa shape index (κ2) is 11.6. The Morgan fingerprint density at radius 2 is 1.70 bits per heavy atom. The van der Waals surface area contributed by atoms with E-state index in [1.165, 1.54) is 6.07 Å². The van der Waals surface area contributed by atoms with Gasteiger partial charge in [0.2, 0.25) is 5.91 Å². The molecule has 0 unspecified atom stereocenters. The molecule has 2 aliphatic rings. The average molecular weight is 516 g/mol. The molecule has 0 bridgehead atoms. The Kier molecular flexibility index (Phi) is 8.28. The molecule has 2 fully saturated rings. The van der Waals surface area contributed by atoms with Gasteiger partial charge < -0.3 is 14.5 Å². The van der Waals surface area contributed by atoms with E-state index in [-0.39, 0.29) is 17.8 Å². The summed E-state index contributed by atoms with van der Waals surface area (Å²) in [7, 11) is 0. The number of hydrogen-bond donors (Lipinski definition) is 0. The lowest BCUT2D eigenvalue weighted by Crippen LogP contribution is -2.48. The Labute approximate surface area is 213 Å². The number of benzene rings is 2. The SMILES string of the molecule is N#Cc1ccc(N2CCN(CCC(=O)N3CCC(Oc4ccc(N=O)c(C(F)(F)F)c4)CC3)CC2)cc1. The van der Waals surface area contributed by atoms with Crippen LogP contribution in [0.15, 0.2) is 47.6 Å². The van der Waals surface area contributed by atoms with Crippen LogP contribution in [-0.2, 0) is 11.0 Å². The van der Waals surface area contributed by atoms with Crippen molar-refractivity contribution in [2.45, 2.75) is 31.5 Å². The summed E-state index contributed by atoms with van der Waals surface area (Å²) in [4.78, 5) is 29.7. The number of halogens is 3. The van der Waals surface area contributed by atoms with Crippen LogP contribution in [-0.4, -0.2) is 67.6 Å². The van der Waals surface area contributed by atoms with E-state index < -0.39 is 17.4 Å². The van der Waals surface area contributed by atoms with Gasteiger partial charge in [-0.3, -0.25) is 9.69 Å². The molecule has 196 valence electrons. The first-order valence-electron chi connectivity index (χ1n) is 12.2. The molecule has 0 aliphatic carbocycles. The number of carbonyl (C=O) groups is 1. The number of nitroso groups, excluding NO2 is 1. The van der Waals surface area contributed by atoms with Gasteiger partial charge in [-0.15, -0.1) is 4.91 Å². The number of piperidine rings is 1. The van der Waals surface area contributed by atoms with Gasteiger partial charge in [-0.1, -0.05) is 0 Å².